The maximum absolute atomic E-state index is 11.7. The SMILES string of the molecule is C=CCOc1c(C)cnc2c1C(=S=O)CCC2c1nc2ccccc2[nH]1. The van der Waals surface area contributed by atoms with Gasteiger partial charge in [-0.05, 0) is 31.9 Å². The van der Waals surface area contributed by atoms with E-state index in [0.29, 0.717) is 24.3 Å². The van der Waals surface area contributed by atoms with Gasteiger partial charge in [0.1, 0.15) is 18.2 Å². The molecule has 4 rings (SSSR count). The van der Waals surface area contributed by atoms with Gasteiger partial charge in [0.15, 0.2) is 0 Å². The summed E-state index contributed by atoms with van der Waals surface area (Å²) >= 11 is 0.537. The number of aromatic nitrogens is 3. The number of pyridine rings is 1. The molecule has 26 heavy (non-hydrogen) atoms. The van der Waals surface area contributed by atoms with Crippen molar-refractivity contribution in [2.24, 2.45) is 0 Å². The van der Waals surface area contributed by atoms with E-state index in [0.717, 1.165) is 50.7 Å². The molecule has 1 atom stereocenters. The van der Waals surface area contributed by atoms with Crippen molar-refractivity contribution in [2.45, 2.75) is 25.7 Å². The van der Waals surface area contributed by atoms with Gasteiger partial charge >= 0.3 is 0 Å². The lowest BCUT2D eigenvalue weighted by molar-refractivity contribution is 0.358. The molecule has 3 aromatic rings. The Balaban J connectivity index is 1.88. The third-order valence-corrected chi connectivity index (χ3v) is 5.30. The van der Waals surface area contributed by atoms with Gasteiger partial charge in [0.2, 0.25) is 0 Å². The summed E-state index contributed by atoms with van der Waals surface area (Å²) in [6.45, 7) is 6.05. The van der Waals surface area contributed by atoms with Gasteiger partial charge in [-0.3, -0.25) is 4.98 Å². The monoisotopic (exact) mass is 365 g/mol. The van der Waals surface area contributed by atoms with Crippen molar-refractivity contribution in [3.63, 3.8) is 0 Å². The van der Waals surface area contributed by atoms with Gasteiger partial charge in [-0.1, -0.05) is 24.8 Å². The molecule has 0 radical (unpaired) electrons. The van der Waals surface area contributed by atoms with Crippen LogP contribution in [-0.2, 0) is 11.3 Å². The van der Waals surface area contributed by atoms with Crippen molar-refractivity contribution in [3.05, 3.63) is 65.8 Å². The highest BCUT2D eigenvalue weighted by molar-refractivity contribution is 7.67. The molecule has 1 unspecified atom stereocenters. The second kappa shape index (κ2) is 6.88. The van der Waals surface area contributed by atoms with Crippen molar-refractivity contribution in [2.75, 3.05) is 6.61 Å². The first-order chi connectivity index (χ1) is 12.7. The largest absolute Gasteiger partial charge is 0.488 e. The van der Waals surface area contributed by atoms with Crippen molar-refractivity contribution in [3.8, 4) is 5.75 Å². The van der Waals surface area contributed by atoms with Gasteiger partial charge in [0.05, 0.1) is 44.3 Å². The number of rotatable bonds is 4. The molecule has 2 heterocycles. The fraction of sp³-hybridized carbons (Fsp3) is 0.250. The van der Waals surface area contributed by atoms with Crippen molar-refractivity contribution >= 4 is 27.2 Å². The molecule has 0 saturated heterocycles. The van der Waals surface area contributed by atoms with Crippen LogP contribution in [0.2, 0.25) is 0 Å². The number of fused-ring (bicyclic) bond motifs is 2. The van der Waals surface area contributed by atoms with E-state index in [1.165, 1.54) is 0 Å². The van der Waals surface area contributed by atoms with Gasteiger partial charge in [-0.15, -0.1) is 0 Å². The number of H-pyrrole nitrogens is 1. The highest BCUT2D eigenvalue weighted by Crippen LogP contribution is 2.40. The summed E-state index contributed by atoms with van der Waals surface area (Å²) in [5, 5.41) is 0. The lowest BCUT2D eigenvalue weighted by atomic mass is 9.85. The summed E-state index contributed by atoms with van der Waals surface area (Å²) in [6.07, 6.45) is 5.01. The second-order valence-corrected chi connectivity index (χ2v) is 7.03. The summed E-state index contributed by atoms with van der Waals surface area (Å²) in [6, 6.07) is 7.97. The van der Waals surface area contributed by atoms with Crippen molar-refractivity contribution in [1.29, 1.82) is 0 Å². The molecule has 0 amide bonds. The number of para-hydroxylation sites is 2. The maximum atomic E-state index is 11.7. The van der Waals surface area contributed by atoms with Gasteiger partial charge < -0.3 is 9.72 Å². The topological polar surface area (TPSA) is 67.9 Å². The number of nitrogens with zero attached hydrogens (tertiary/aromatic N) is 2. The molecule has 1 N–H and O–H groups in total. The predicted molar refractivity (Wildman–Crippen MR) is 104 cm³/mol. The number of imidazole rings is 1. The third-order valence-electron chi connectivity index (χ3n) is 4.69. The van der Waals surface area contributed by atoms with Crippen LogP contribution in [-0.4, -0.2) is 30.6 Å². The average molecular weight is 365 g/mol. The lowest BCUT2D eigenvalue weighted by Gasteiger charge is -2.26. The van der Waals surface area contributed by atoms with Crippen molar-refractivity contribution < 1.29 is 8.95 Å². The molecule has 6 heteroatoms. The highest BCUT2D eigenvalue weighted by atomic mass is 32.1. The molecule has 1 aromatic carbocycles. The number of nitrogens with one attached hydrogen (secondary N) is 1. The molecule has 0 spiro atoms. The Hall–Kier alpha value is -2.73. The summed E-state index contributed by atoms with van der Waals surface area (Å²) in [5.74, 6) is 1.63. The van der Waals surface area contributed by atoms with Crippen LogP contribution in [0.25, 0.3) is 11.0 Å². The molecule has 2 aromatic heterocycles. The Labute approximate surface area is 155 Å². The van der Waals surface area contributed by atoms with E-state index >= 15 is 0 Å². The zero-order valence-electron chi connectivity index (χ0n) is 14.5. The quantitative estimate of drug-likeness (QED) is 0.568. The van der Waals surface area contributed by atoms with Crippen LogP contribution in [0.5, 0.6) is 5.75 Å². The minimum Gasteiger partial charge on any atom is -0.488 e. The van der Waals surface area contributed by atoms with Crippen LogP contribution in [0, 0.1) is 6.92 Å². The minimum absolute atomic E-state index is 0.0139. The molecule has 0 aliphatic heterocycles. The Morgan fingerprint density at radius 2 is 2.27 bits per heavy atom. The molecule has 0 fully saturated rings. The van der Waals surface area contributed by atoms with Crippen LogP contribution < -0.4 is 4.74 Å². The zero-order chi connectivity index (χ0) is 18.1. The van der Waals surface area contributed by atoms with E-state index in [9.17, 15) is 4.21 Å². The van der Waals surface area contributed by atoms with Crippen LogP contribution >= 0.6 is 0 Å². The van der Waals surface area contributed by atoms with E-state index < -0.39 is 0 Å². The van der Waals surface area contributed by atoms with Crippen LogP contribution in [0.3, 0.4) is 0 Å². The van der Waals surface area contributed by atoms with Gasteiger partial charge in [0, 0.05) is 11.8 Å². The van der Waals surface area contributed by atoms with E-state index in [1.54, 1.807) is 6.08 Å². The zero-order valence-corrected chi connectivity index (χ0v) is 15.3. The summed E-state index contributed by atoms with van der Waals surface area (Å²) in [7, 11) is 0. The minimum atomic E-state index is 0.0139. The van der Waals surface area contributed by atoms with E-state index in [4.69, 9.17) is 9.72 Å². The molecule has 5 nitrogen and oxygen atoms in total. The second-order valence-electron chi connectivity index (χ2n) is 6.37. The normalized spacial score (nSPS) is 16.3. The van der Waals surface area contributed by atoms with Crippen LogP contribution in [0.1, 0.15) is 41.4 Å². The predicted octanol–water partition coefficient (Wildman–Crippen LogP) is 3.49. The van der Waals surface area contributed by atoms with Crippen LogP contribution in [0.4, 0.5) is 0 Å². The number of hydrogen-bond donors (Lipinski definition) is 1. The van der Waals surface area contributed by atoms with Crippen molar-refractivity contribution in [1.82, 2.24) is 15.0 Å². The fourth-order valence-electron chi connectivity index (χ4n) is 3.49. The number of ether oxygens (including phenoxy) is 1. The molecule has 1 aliphatic rings. The number of benzene rings is 1. The fourth-order valence-corrected chi connectivity index (χ4v) is 3.97. The Bertz CT molecular complexity index is 1020. The number of aromatic amines is 1. The van der Waals surface area contributed by atoms with E-state index in [-0.39, 0.29) is 5.92 Å². The number of aryl methyl sites for hydroxylation is 1. The maximum Gasteiger partial charge on any atom is 0.134 e. The molecule has 0 bridgehead atoms. The standard InChI is InChI=1S/C20H19N3O2S/c1-3-10-25-19-12(2)11-21-18-13(8-9-16(26-24)17(18)19)20-22-14-6-4-5-7-15(14)23-20/h3-7,11,13H,1,8-10H2,2H3,(H,22,23). The van der Waals surface area contributed by atoms with Gasteiger partial charge in [-0.25, -0.2) is 9.19 Å². The molecular weight excluding hydrogens is 346 g/mol. The third kappa shape index (κ3) is 2.76. The molecule has 1 aliphatic carbocycles. The Kier molecular flexibility index (Phi) is 4.42. The summed E-state index contributed by atoms with van der Waals surface area (Å²) in [5.41, 5.74) is 4.56. The Morgan fingerprint density at radius 1 is 1.42 bits per heavy atom. The average Bonchev–Trinajstić information content (AvgIpc) is 3.10. The first-order valence-corrected chi connectivity index (χ1v) is 9.31. The first kappa shape index (κ1) is 16.7. The smallest absolute Gasteiger partial charge is 0.134 e. The van der Waals surface area contributed by atoms with Gasteiger partial charge in [-0.2, -0.15) is 0 Å². The van der Waals surface area contributed by atoms with E-state index in [2.05, 4.69) is 16.5 Å². The highest BCUT2D eigenvalue weighted by Gasteiger charge is 2.32. The summed E-state index contributed by atoms with van der Waals surface area (Å²) < 4.78 is 17.6. The molecule has 0 saturated carbocycles. The lowest BCUT2D eigenvalue weighted by Crippen LogP contribution is -2.21. The summed E-state index contributed by atoms with van der Waals surface area (Å²) in [4.78, 5) is 13.6. The van der Waals surface area contributed by atoms with Gasteiger partial charge in [0.25, 0.3) is 0 Å². The molecule has 132 valence electrons. The molecular formula is C20H19N3O2S. The first-order valence-electron chi connectivity index (χ1n) is 8.56. The number of hydrogen-bond acceptors (Lipinski definition) is 4. The van der Waals surface area contributed by atoms with Crippen LogP contribution in [0.15, 0.2) is 43.1 Å². The Morgan fingerprint density at radius 3 is 3.04 bits per heavy atom. The van der Waals surface area contributed by atoms with E-state index in [1.807, 2.05) is 37.4 Å².